The molecule has 0 bridgehead atoms. The number of amides is 2. The molecule has 0 fully saturated rings. The van der Waals surface area contributed by atoms with E-state index in [1.165, 1.54) is 6.07 Å². The molecule has 2 N–H and O–H groups in total. The molecule has 0 atom stereocenters. The summed E-state index contributed by atoms with van der Waals surface area (Å²) < 4.78 is 0. The van der Waals surface area contributed by atoms with Crippen molar-refractivity contribution in [1.29, 1.82) is 0 Å². The van der Waals surface area contributed by atoms with E-state index in [4.69, 9.17) is 11.6 Å². The first-order chi connectivity index (χ1) is 17.5. The van der Waals surface area contributed by atoms with Crippen LogP contribution in [-0.4, -0.2) is 40.0 Å². The molecule has 7 heteroatoms. The average molecular weight is 500 g/mol. The standard InChI is InChI=1S/C29H26ClN3O3/c1-20-10-12-23(18-25(20)27-9-5-6-14-31-27)32-28(35)24-13-11-22(17-26(24)30)29(36)33(15-16-34)19-21-7-3-2-4-8-21/h2-14,17-18,34H,15-16,19H2,1H3,(H,32,35). The fourth-order valence-corrected chi connectivity index (χ4v) is 4.15. The summed E-state index contributed by atoms with van der Waals surface area (Å²) in [4.78, 5) is 32.0. The molecule has 4 rings (SSSR count). The smallest absolute Gasteiger partial charge is 0.257 e. The quantitative estimate of drug-likeness (QED) is 0.330. The number of carbonyl (C=O) groups excluding carboxylic acids is 2. The summed E-state index contributed by atoms with van der Waals surface area (Å²) in [6, 6.07) is 25.4. The molecule has 6 nitrogen and oxygen atoms in total. The van der Waals surface area contributed by atoms with Crippen molar-refractivity contribution in [2.24, 2.45) is 0 Å². The maximum atomic E-state index is 13.1. The van der Waals surface area contributed by atoms with Gasteiger partial charge >= 0.3 is 0 Å². The number of nitrogens with zero attached hydrogens (tertiary/aromatic N) is 2. The Bertz CT molecular complexity index is 1360. The molecular weight excluding hydrogens is 474 g/mol. The minimum absolute atomic E-state index is 0.163. The van der Waals surface area contributed by atoms with Gasteiger partial charge in [-0.05, 0) is 60.5 Å². The van der Waals surface area contributed by atoms with Crippen molar-refractivity contribution < 1.29 is 14.7 Å². The number of nitrogens with one attached hydrogen (secondary N) is 1. The molecular formula is C29H26ClN3O3. The maximum absolute atomic E-state index is 13.1. The third-order valence-corrected chi connectivity index (χ3v) is 6.08. The van der Waals surface area contributed by atoms with E-state index in [9.17, 15) is 14.7 Å². The van der Waals surface area contributed by atoms with Crippen molar-refractivity contribution in [3.05, 3.63) is 118 Å². The highest BCUT2D eigenvalue weighted by molar-refractivity contribution is 6.34. The number of carbonyl (C=O) groups is 2. The summed E-state index contributed by atoms with van der Waals surface area (Å²) in [5.74, 6) is -0.661. The Labute approximate surface area is 215 Å². The van der Waals surface area contributed by atoms with Gasteiger partial charge in [-0.3, -0.25) is 14.6 Å². The number of hydrogen-bond acceptors (Lipinski definition) is 4. The molecule has 3 aromatic carbocycles. The Kier molecular flexibility index (Phi) is 8.10. The van der Waals surface area contributed by atoms with Crippen molar-refractivity contribution in [2.75, 3.05) is 18.5 Å². The topological polar surface area (TPSA) is 82.5 Å². The van der Waals surface area contributed by atoms with Gasteiger partial charge in [-0.2, -0.15) is 0 Å². The molecule has 0 unspecified atom stereocenters. The van der Waals surface area contributed by atoms with Gasteiger partial charge in [0.15, 0.2) is 0 Å². The van der Waals surface area contributed by atoms with E-state index in [1.807, 2.05) is 73.7 Å². The van der Waals surface area contributed by atoms with Crippen LogP contribution in [0.3, 0.4) is 0 Å². The number of anilines is 1. The van der Waals surface area contributed by atoms with E-state index in [-0.39, 0.29) is 35.6 Å². The molecule has 0 saturated heterocycles. The molecule has 36 heavy (non-hydrogen) atoms. The van der Waals surface area contributed by atoms with E-state index < -0.39 is 0 Å². The number of pyridine rings is 1. The van der Waals surface area contributed by atoms with Crippen LogP contribution in [-0.2, 0) is 6.54 Å². The Morgan fingerprint density at radius 1 is 0.972 bits per heavy atom. The Morgan fingerprint density at radius 2 is 1.75 bits per heavy atom. The number of aliphatic hydroxyl groups is 1. The molecule has 1 heterocycles. The van der Waals surface area contributed by atoms with Crippen molar-refractivity contribution in [3.63, 3.8) is 0 Å². The summed E-state index contributed by atoms with van der Waals surface area (Å²) in [5, 5.41) is 12.5. The van der Waals surface area contributed by atoms with Gasteiger partial charge in [0.05, 0.1) is 22.9 Å². The lowest BCUT2D eigenvalue weighted by molar-refractivity contribution is 0.0707. The number of aryl methyl sites for hydroxylation is 1. The highest BCUT2D eigenvalue weighted by Gasteiger charge is 2.19. The van der Waals surface area contributed by atoms with Crippen LogP contribution in [0.15, 0.2) is 91.1 Å². The van der Waals surface area contributed by atoms with Gasteiger partial charge < -0.3 is 15.3 Å². The SMILES string of the molecule is Cc1ccc(NC(=O)c2ccc(C(=O)N(CCO)Cc3ccccc3)cc2Cl)cc1-c1ccccn1. The second-order valence-electron chi connectivity index (χ2n) is 8.33. The highest BCUT2D eigenvalue weighted by atomic mass is 35.5. The van der Waals surface area contributed by atoms with Crippen LogP contribution in [0.2, 0.25) is 5.02 Å². The molecule has 0 saturated carbocycles. The Morgan fingerprint density at radius 3 is 2.44 bits per heavy atom. The lowest BCUT2D eigenvalue weighted by atomic mass is 10.0. The summed E-state index contributed by atoms with van der Waals surface area (Å²) in [5.41, 5.74) is 4.93. The number of aliphatic hydroxyl groups excluding tert-OH is 1. The highest BCUT2D eigenvalue weighted by Crippen LogP contribution is 2.26. The average Bonchev–Trinajstić information content (AvgIpc) is 2.90. The van der Waals surface area contributed by atoms with Crippen LogP contribution >= 0.6 is 11.6 Å². The van der Waals surface area contributed by atoms with E-state index in [0.717, 1.165) is 22.4 Å². The number of halogens is 1. The van der Waals surface area contributed by atoms with Gasteiger partial charge in [0.2, 0.25) is 0 Å². The fraction of sp³-hybridized carbons (Fsp3) is 0.138. The second kappa shape index (κ2) is 11.6. The predicted octanol–water partition coefficient (Wildman–Crippen LogP) is 5.60. The van der Waals surface area contributed by atoms with Gasteiger partial charge in [-0.15, -0.1) is 0 Å². The first kappa shape index (κ1) is 25.1. The van der Waals surface area contributed by atoms with E-state index in [0.29, 0.717) is 17.8 Å². The molecule has 0 aliphatic carbocycles. The van der Waals surface area contributed by atoms with Gasteiger partial charge in [-0.1, -0.05) is 54.1 Å². The largest absolute Gasteiger partial charge is 0.395 e. The number of benzene rings is 3. The van der Waals surface area contributed by atoms with Gasteiger partial charge in [0.1, 0.15) is 0 Å². The summed E-state index contributed by atoms with van der Waals surface area (Å²) in [6.45, 7) is 2.36. The minimum atomic E-state index is -0.383. The molecule has 4 aromatic rings. The first-order valence-electron chi connectivity index (χ1n) is 11.5. The van der Waals surface area contributed by atoms with Crippen LogP contribution in [0.1, 0.15) is 31.8 Å². The molecule has 1 aromatic heterocycles. The number of aromatic nitrogens is 1. The monoisotopic (exact) mass is 499 g/mol. The summed E-state index contributed by atoms with van der Waals surface area (Å²) in [7, 11) is 0. The lowest BCUT2D eigenvalue weighted by Gasteiger charge is -2.22. The zero-order chi connectivity index (χ0) is 25.5. The van der Waals surface area contributed by atoms with Crippen LogP contribution < -0.4 is 5.32 Å². The molecule has 0 radical (unpaired) electrons. The molecule has 2 amide bonds. The third-order valence-electron chi connectivity index (χ3n) is 5.77. The summed E-state index contributed by atoms with van der Waals surface area (Å²) >= 11 is 6.44. The first-order valence-corrected chi connectivity index (χ1v) is 11.9. The minimum Gasteiger partial charge on any atom is -0.395 e. The number of rotatable bonds is 8. The van der Waals surface area contributed by atoms with Crippen LogP contribution in [0.5, 0.6) is 0 Å². The van der Waals surface area contributed by atoms with Gasteiger partial charge in [0.25, 0.3) is 11.8 Å². The summed E-state index contributed by atoms with van der Waals surface area (Å²) in [6.07, 6.45) is 1.73. The van der Waals surface area contributed by atoms with Crippen molar-refractivity contribution in [1.82, 2.24) is 9.88 Å². The Hall–Kier alpha value is -4.00. The zero-order valence-electron chi connectivity index (χ0n) is 19.8. The molecule has 0 aliphatic heterocycles. The lowest BCUT2D eigenvalue weighted by Crippen LogP contribution is -2.33. The van der Waals surface area contributed by atoms with Crippen LogP contribution in [0.25, 0.3) is 11.3 Å². The van der Waals surface area contributed by atoms with Gasteiger partial charge in [0, 0.05) is 36.1 Å². The third kappa shape index (κ3) is 5.97. The normalized spacial score (nSPS) is 10.6. The van der Waals surface area contributed by atoms with Crippen LogP contribution in [0, 0.1) is 6.92 Å². The number of hydrogen-bond donors (Lipinski definition) is 2. The maximum Gasteiger partial charge on any atom is 0.257 e. The predicted molar refractivity (Wildman–Crippen MR) is 142 cm³/mol. The zero-order valence-corrected chi connectivity index (χ0v) is 20.6. The fourth-order valence-electron chi connectivity index (χ4n) is 3.89. The molecule has 0 spiro atoms. The van der Waals surface area contributed by atoms with Crippen LogP contribution in [0.4, 0.5) is 5.69 Å². The van der Waals surface area contributed by atoms with E-state index in [2.05, 4.69) is 10.3 Å². The van der Waals surface area contributed by atoms with Gasteiger partial charge in [-0.25, -0.2) is 0 Å². The molecule has 0 aliphatic rings. The second-order valence-corrected chi connectivity index (χ2v) is 8.74. The van der Waals surface area contributed by atoms with E-state index in [1.54, 1.807) is 23.2 Å². The Balaban J connectivity index is 1.51. The van der Waals surface area contributed by atoms with Crippen molar-refractivity contribution in [3.8, 4) is 11.3 Å². The van der Waals surface area contributed by atoms with Crippen molar-refractivity contribution >= 4 is 29.1 Å². The molecule has 182 valence electrons. The van der Waals surface area contributed by atoms with E-state index >= 15 is 0 Å². The van der Waals surface area contributed by atoms with Crippen molar-refractivity contribution in [2.45, 2.75) is 13.5 Å².